The first kappa shape index (κ1) is 15.3. The van der Waals surface area contributed by atoms with E-state index in [0.29, 0.717) is 24.0 Å². The summed E-state index contributed by atoms with van der Waals surface area (Å²) in [7, 11) is 0. The topological polar surface area (TPSA) is 32.3 Å². The monoisotopic (exact) mass is 350 g/mol. The fraction of sp³-hybridized carbons (Fsp3) is 0.462. The van der Waals surface area contributed by atoms with E-state index in [1.807, 2.05) is 6.92 Å². The van der Waals surface area contributed by atoms with E-state index in [9.17, 15) is 18.0 Å². The zero-order valence-corrected chi connectivity index (χ0v) is 12.4. The van der Waals surface area contributed by atoms with Crippen LogP contribution in [-0.2, 0) is 11.0 Å². The highest BCUT2D eigenvalue weighted by molar-refractivity contribution is 9.10. The minimum Gasteiger partial charge on any atom is -0.310 e. The Kier molecular flexibility index (Phi) is 4.39. The molecule has 3 nitrogen and oxygen atoms in total. The van der Waals surface area contributed by atoms with Gasteiger partial charge in [0.2, 0.25) is 5.91 Å². The molecule has 1 saturated heterocycles. The minimum atomic E-state index is -4.42. The highest BCUT2D eigenvalue weighted by atomic mass is 79.9. The third-order valence-corrected chi connectivity index (χ3v) is 3.89. The zero-order valence-electron chi connectivity index (χ0n) is 10.8. The van der Waals surface area contributed by atoms with Crippen molar-refractivity contribution in [3.63, 3.8) is 0 Å². The zero-order chi connectivity index (χ0) is 14.9. The molecule has 110 valence electrons. The molecule has 1 N–H and O–H groups in total. The van der Waals surface area contributed by atoms with Gasteiger partial charge >= 0.3 is 6.18 Å². The summed E-state index contributed by atoms with van der Waals surface area (Å²) in [6.07, 6.45) is -3.82. The van der Waals surface area contributed by atoms with E-state index in [2.05, 4.69) is 21.2 Å². The maximum absolute atomic E-state index is 12.8. The van der Waals surface area contributed by atoms with E-state index in [0.717, 1.165) is 12.1 Å². The van der Waals surface area contributed by atoms with Gasteiger partial charge in [-0.05, 0) is 47.1 Å². The number of alkyl halides is 3. The molecular formula is C13H14BrF3N2O. The van der Waals surface area contributed by atoms with E-state index < -0.39 is 11.7 Å². The normalized spacial score (nSPS) is 19.8. The van der Waals surface area contributed by atoms with Gasteiger partial charge in [0.1, 0.15) is 0 Å². The largest absolute Gasteiger partial charge is 0.416 e. The van der Waals surface area contributed by atoms with E-state index in [1.165, 1.54) is 11.0 Å². The molecule has 1 aromatic carbocycles. The Morgan fingerprint density at radius 1 is 1.45 bits per heavy atom. The summed E-state index contributed by atoms with van der Waals surface area (Å²) >= 11 is 3.21. The van der Waals surface area contributed by atoms with Gasteiger partial charge in [-0.1, -0.05) is 6.92 Å². The van der Waals surface area contributed by atoms with Crippen molar-refractivity contribution in [2.24, 2.45) is 0 Å². The Balaban J connectivity index is 2.31. The summed E-state index contributed by atoms with van der Waals surface area (Å²) in [6.45, 7) is 2.94. The van der Waals surface area contributed by atoms with Crippen LogP contribution in [0.2, 0.25) is 0 Å². The third kappa shape index (κ3) is 2.98. The Labute approximate surface area is 123 Å². The number of amides is 1. The van der Waals surface area contributed by atoms with Crippen molar-refractivity contribution in [1.82, 2.24) is 5.32 Å². The number of nitrogens with zero attached hydrogens (tertiary/aromatic N) is 1. The van der Waals surface area contributed by atoms with E-state index in [4.69, 9.17) is 0 Å². The lowest BCUT2D eigenvalue weighted by molar-refractivity contribution is -0.137. The molecule has 1 aromatic rings. The van der Waals surface area contributed by atoms with Crippen LogP contribution in [0.15, 0.2) is 22.7 Å². The smallest absolute Gasteiger partial charge is 0.310 e. The molecule has 1 fully saturated rings. The highest BCUT2D eigenvalue weighted by Gasteiger charge is 2.35. The summed E-state index contributed by atoms with van der Waals surface area (Å²) in [5.41, 5.74) is -0.486. The standard InChI is InChI=1S/C13H14BrF3N2O/c1-2-18-10-5-6-19(12(10)20)11-7-8(13(15,16)17)3-4-9(11)14/h3-4,7,10,18H,2,5-6H2,1H3. The number of nitrogens with one attached hydrogen (secondary N) is 1. The maximum atomic E-state index is 12.8. The molecule has 7 heteroatoms. The van der Waals surface area contributed by atoms with Gasteiger partial charge in [-0.3, -0.25) is 4.79 Å². The van der Waals surface area contributed by atoms with Crippen LogP contribution in [0.3, 0.4) is 0 Å². The fourth-order valence-corrected chi connectivity index (χ4v) is 2.71. The average molecular weight is 351 g/mol. The van der Waals surface area contributed by atoms with Gasteiger partial charge < -0.3 is 10.2 Å². The van der Waals surface area contributed by atoms with E-state index >= 15 is 0 Å². The van der Waals surface area contributed by atoms with Crippen molar-refractivity contribution < 1.29 is 18.0 Å². The van der Waals surface area contributed by atoms with Gasteiger partial charge in [0.15, 0.2) is 0 Å². The Hall–Kier alpha value is -1.08. The molecule has 0 radical (unpaired) electrons. The first-order valence-electron chi connectivity index (χ1n) is 6.26. The van der Waals surface area contributed by atoms with Crippen LogP contribution in [-0.4, -0.2) is 25.0 Å². The number of carbonyl (C=O) groups excluding carboxylic acids is 1. The predicted molar refractivity (Wildman–Crippen MR) is 73.6 cm³/mol. The van der Waals surface area contributed by atoms with Crippen LogP contribution in [0, 0.1) is 0 Å². The van der Waals surface area contributed by atoms with E-state index in [1.54, 1.807) is 0 Å². The van der Waals surface area contributed by atoms with Crippen LogP contribution >= 0.6 is 15.9 Å². The molecule has 0 aromatic heterocycles. The summed E-state index contributed by atoms with van der Waals surface area (Å²) in [5.74, 6) is -0.188. The number of likely N-dealkylation sites (N-methyl/N-ethyl adjacent to an activating group) is 1. The van der Waals surface area contributed by atoms with Crippen molar-refractivity contribution in [3.8, 4) is 0 Å². The lowest BCUT2D eigenvalue weighted by Crippen LogP contribution is -2.38. The van der Waals surface area contributed by atoms with Crippen molar-refractivity contribution in [2.45, 2.75) is 25.6 Å². The van der Waals surface area contributed by atoms with Gasteiger partial charge in [0.05, 0.1) is 17.3 Å². The molecular weight excluding hydrogens is 337 g/mol. The second-order valence-corrected chi connectivity index (χ2v) is 5.41. The second-order valence-electron chi connectivity index (χ2n) is 4.55. The van der Waals surface area contributed by atoms with Crippen molar-refractivity contribution >= 4 is 27.5 Å². The Morgan fingerprint density at radius 3 is 2.75 bits per heavy atom. The number of anilines is 1. The van der Waals surface area contributed by atoms with Crippen LogP contribution in [0.5, 0.6) is 0 Å². The number of rotatable bonds is 3. The fourth-order valence-electron chi connectivity index (χ4n) is 2.25. The molecule has 1 heterocycles. The molecule has 0 saturated carbocycles. The van der Waals surface area contributed by atoms with Gasteiger partial charge in [-0.25, -0.2) is 0 Å². The number of hydrogen-bond acceptors (Lipinski definition) is 2. The summed E-state index contributed by atoms with van der Waals surface area (Å²) in [5, 5.41) is 3.03. The third-order valence-electron chi connectivity index (χ3n) is 3.22. The number of hydrogen-bond donors (Lipinski definition) is 1. The van der Waals surface area contributed by atoms with Crippen LogP contribution in [0.4, 0.5) is 18.9 Å². The number of benzene rings is 1. The molecule has 0 bridgehead atoms. The molecule has 1 aliphatic heterocycles. The maximum Gasteiger partial charge on any atom is 0.416 e. The van der Waals surface area contributed by atoms with Gasteiger partial charge in [-0.2, -0.15) is 13.2 Å². The predicted octanol–water partition coefficient (Wildman–Crippen LogP) is 3.18. The average Bonchev–Trinajstić information content (AvgIpc) is 2.71. The molecule has 1 amide bonds. The lowest BCUT2D eigenvalue weighted by Gasteiger charge is -2.20. The minimum absolute atomic E-state index is 0.188. The van der Waals surface area contributed by atoms with Crippen LogP contribution in [0.25, 0.3) is 0 Å². The SMILES string of the molecule is CCNC1CCN(c2cc(C(F)(F)F)ccc2Br)C1=O. The van der Waals surface area contributed by atoms with Crippen LogP contribution < -0.4 is 10.2 Å². The van der Waals surface area contributed by atoms with Crippen LogP contribution in [0.1, 0.15) is 18.9 Å². The first-order valence-corrected chi connectivity index (χ1v) is 7.05. The Morgan fingerprint density at radius 2 is 2.15 bits per heavy atom. The van der Waals surface area contributed by atoms with Crippen molar-refractivity contribution in [2.75, 3.05) is 18.0 Å². The quantitative estimate of drug-likeness (QED) is 0.907. The highest BCUT2D eigenvalue weighted by Crippen LogP contribution is 2.36. The summed E-state index contributed by atoms with van der Waals surface area (Å²) in [6, 6.07) is 3.01. The number of halogens is 4. The summed E-state index contributed by atoms with van der Waals surface area (Å²) < 4.78 is 38.7. The molecule has 2 rings (SSSR count). The molecule has 20 heavy (non-hydrogen) atoms. The Bertz CT molecular complexity index is 519. The molecule has 1 aliphatic rings. The lowest BCUT2D eigenvalue weighted by atomic mass is 10.2. The molecule has 1 atom stereocenters. The van der Waals surface area contributed by atoms with E-state index in [-0.39, 0.29) is 17.6 Å². The number of carbonyl (C=O) groups is 1. The summed E-state index contributed by atoms with van der Waals surface area (Å²) in [4.78, 5) is 13.6. The second kappa shape index (κ2) is 5.73. The first-order chi connectivity index (χ1) is 9.34. The molecule has 0 aliphatic carbocycles. The molecule has 1 unspecified atom stereocenters. The van der Waals surface area contributed by atoms with Gasteiger partial charge in [-0.15, -0.1) is 0 Å². The van der Waals surface area contributed by atoms with Gasteiger partial charge in [0.25, 0.3) is 0 Å². The van der Waals surface area contributed by atoms with Gasteiger partial charge in [0, 0.05) is 11.0 Å². The molecule has 0 spiro atoms. The van der Waals surface area contributed by atoms with Crippen molar-refractivity contribution in [3.05, 3.63) is 28.2 Å². The van der Waals surface area contributed by atoms with Crippen molar-refractivity contribution in [1.29, 1.82) is 0 Å².